The number of benzene rings is 1. The van der Waals surface area contributed by atoms with Gasteiger partial charge in [0.05, 0.1) is 11.7 Å². The Kier molecular flexibility index (Phi) is 6.89. The molecule has 2 heterocycles. The molecule has 172 valence electrons. The number of aliphatic hydroxyl groups excluding tert-OH is 1. The van der Waals surface area contributed by atoms with Crippen LogP contribution in [0.5, 0.6) is 0 Å². The van der Waals surface area contributed by atoms with Crippen LogP contribution in [-0.4, -0.2) is 81.4 Å². The van der Waals surface area contributed by atoms with Crippen molar-refractivity contribution in [2.45, 2.75) is 22.3 Å². The highest BCUT2D eigenvalue weighted by Crippen LogP contribution is 2.39. The monoisotopic (exact) mass is 475 g/mol. The SMILES string of the molecule is NCC(O)CNS(=O)(=O)c1ccc(N2CC[C@@H](CN)C2)c(-c2nn[nH]n2)c1S(N)(=O)=O. The molecule has 1 aliphatic heterocycles. The first-order chi connectivity index (χ1) is 14.6. The van der Waals surface area contributed by atoms with Gasteiger partial charge < -0.3 is 21.5 Å². The molecule has 0 saturated carbocycles. The van der Waals surface area contributed by atoms with Gasteiger partial charge in [-0.05, 0) is 36.2 Å². The third-order valence-electron chi connectivity index (χ3n) is 4.98. The number of aromatic nitrogens is 4. The predicted octanol–water partition coefficient (Wildman–Crippen LogP) is -3.10. The summed E-state index contributed by atoms with van der Waals surface area (Å²) in [6.07, 6.45) is -0.368. The van der Waals surface area contributed by atoms with E-state index in [0.717, 1.165) is 12.5 Å². The fraction of sp³-hybridized carbons (Fsp3) is 0.533. The molecule has 14 nitrogen and oxygen atoms in total. The summed E-state index contributed by atoms with van der Waals surface area (Å²) < 4.78 is 53.1. The van der Waals surface area contributed by atoms with Gasteiger partial charge in [0, 0.05) is 31.9 Å². The Morgan fingerprint density at radius 1 is 1.29 bits per heavy atom. The fourth-order valence-electron chi connectivity index (χ4n) is 3.41. The average molecular weight is 476 g/mol. The number of hydrogen-bond donors (Lipinski definition) is 6. The topological polar surface area (TPSA) is 236 Å². The molecule has 31 heavy (non-hydrogen) atoms. The maximum atomic E-state index is 12.9. The van der Waals surface area contributed by atoms with Crippen molar-refractivity contribution >= 4 is 25.7 Å². The van der Waals surface area contributed by atoms with Gasteiger partial charge in [0.2, 0.25) is 25.9 Å². The van der Waals surface area contributed by atoms with Crippen molar-refractivity contribution in [1.29, 1.82) is 0 Å². The third-order valence-corrected chi connectivity index (χ3v) is 7.57. The minimum absolute atomic E-state index is 0.0869. The second kappa shape index (κ2) is 9.11. The van der Waals surface area contributed by atoms with Crippen molar-refractivity contribution in [3.8, 4) is 11.4 Å². The molecular weight excluding hydrogens is 450 g/mol. The second-order valence-electron chi connectivity index (χ2n) is 7.15. The van der Waals surface area contributed by atoms with E-state index in [1.807, 2.05) is 4.90 Å². The van der Waals surface area contributed by atoms with Crippen molar-refractivity contribution < 1.29 is 21.9 Å². The number of nitrogens with zero attached hydrogens (tertiary/aromatic N) is 4. The molecule has 0 spiro atoms. The lowest BCUT2D eigenvalue weighted by atomic mass is 10.1. The molecule has 1 aromatic carbocycles. The molecule has 0 aliphatic carbocycles. The summed E-state index contributed by atoms with van der Waals surface area (Å²) in [4.78, 5) is 0.606. The first-order valence-corrected chi connectivity index (χ1v) is 12.4. The van der Waals surface area contributed by atoms with Crippen LogP contribution in [0.4, 0.5) is 5.69 Å². The van der Waals surface area contributed by atoms with Crippen LogP contribution in [-0.2, 0) is 20.0 Å². The largest absolute Gasteiger partial charge is 0.390 e. The Morgan fingerprint density at radius 3 is 2.58 bits per heavy atom. The van der Waals surface area contributed by atoms with Crippen LogP contribution in [0.1, 0.15) is 6.42 Å². The van der Waals surface area contributed by atoms with E-state index in [0.29, 0.717) is 25.3 Å². The molecule has 2 aromatic rings. The summed E-state index contributed by atoms with van der Waals surface area (Å²) in [6, 6.07) is 2.61. The van der Waals surface area contributed by atoms with Crippen molar-refractivity contribution in [2.75, 3.05) is 37.6 Å². The molecule has 0 amide bonds. The number of nitrogens with one attached hydrogen (secondary N) is 2. The number of primary sulfonamides is 1. The molecule has 9 N–H and O–H groups in total. The van der Waals surface area contributed by atoms with Gasteiger partial charge in [0.1, 0.15) is 9.79 Å². The van der Waals surface area contributed by atoms with E-state index < -0.39 is 42.5 Å². The maximum absolute atomic E-state index is 12.9. The second-order valence-corrected chi connectivity index (χ2v) is 10.4. The lowest BCUT2D eigenvalue weighted by molar-refractivity contribution is 0.186. The lowest BCUT2D eigenvalue weighted by Gasteiger charge is -2.24. The van der Waals surface area contributed by atoms with Crippen LogP contribution >= 0.6 is 0 Å². The highest BCUT2D eigenvalue weighted by molar-refractivity contribution is 7.92. The number of hydrogen-bond acceptors (Lipinski definition) is 11. The van der Waals surface area contributed by atoms with Crippen LogP contribution in [0, 0.1) is 5.92 Å². The summed E-state index contributed by atoms with van der Waals surface area (Å²) in [7, 11) is -8.97. The Balaban J connectivity index is 2.22. The van der Waals surface area contributed by atoms with Gasteiger partial charge in [-0.2, -0.15) is 5.21 Å². The zero-order valence-corrected chi connectivity index (χ0v) is 18.1. The first kappa shape index (κ1) is 23.5. The van der Waals surface area contributed by atoms with Gasteiger partial charge >= 0.3 is 0 Å². The maximum Gasteiger partial charge on any atom is 0.242 e. The molecule has 1 unspecified atom stereocenters. The predicted molar refractivity (Wildman–Crippen MR) is 111 cm³/mol. The number of nitrogens with two attached hydrogens (primary N) is 3. The molecule has 16 heteroatoms. The van der Waals surface area contributed by atoms with E-state index in [1.54, 1.807) is 0 Å². The number of H-pyrrole nitrogens is 1. The van der Waals surface area contributed by atoms with E-state index in [-0.39, 0.29) is 23.9 Å². The lowest BCUT2D eigenvalue weighted by Crippen LogP contribution is -2.37. The van der Waals surface area contributed by atoms with Crippen LogP contribution in [0.25, 0.3) is 11.4 Å². The number of anilines is 1. The fourth-order valence-corrected chi connectivity index (χ4v) is 6.07. The van der Waals surface area contributed by atoms with E-state index in [1.165, 1.54) is 6.07 Å². The smallest absolute Gasteiger partial charge is 0.242 e. The summed E-state index contributed by atoms with van der Waals surface area (Å²) in [5, 5.41) is 28.4. The quantitative estimate of drug-likeness (QED) is 0.212. The van der Waals surface area contributed by atoms with Gasteiger partial charge in [0.15, 0.2) is 0 Å². The van der Waals surface area contributed by atoms with E-state index >= 15 is 0 Å². The van der Waals surface area contributed by atoms with Gasteiger partial charge in [-0.25, -0.2) is 26.7 Å². The van der Waals surface area contributed by atoms with E-state index in [9.17, 15) is 21.9 Å². The number of aliphatic hydroxyl groups is 1. The van der Waals surface area contributed by atoms with Gasteiger partial charge in [-0.1, -0.05) is 0 Å². The molecular formula is C15H25N9O5S2. The number of aromatic amines is 1. The number of sulfonamides is 2. The van der Waals surface area contributed by atoms with Crippen LogP contribution < -0.4 is 26.2 Å². The molecule has 1 saturated heterocycles. The standard InChI is InChI=1S/C15H25N9O5S2/c16-5-9-3-4-24(8-9)11-1-2-12(31(28,29)19-7-10(25)6-17)14(30(18,26)27)13(11)15-20-22-23-21-15/h1-2,9-10,19,25H,3-8,16-17H2,(H2,18,26,27)(H,20,21,22,23)/t9-,10?/m0/s1. The number of tetrazole rings is 1. The minimum Gasteiger partial charge on any atom is -0.390 e. The van der Waals surface area contributed by atoms with E-state index in [2.05, 4.69) is 25.3 Å². The molecule has 1 aromatic heterocycles. The van der Waals surface area contributed by atoms with E-state index in [4.69, 9.17) is 16.6 Å². The normalized spacial score (nSPS) is 18.5. The van der Waals surface area contributed by atoms with Crippen molar-refractivity contribution in [1.82, 2.24) is 25.3 Å². The third kappa shape index (κ3) is 5.00. The zero-order chi connectivity index (χ0) is 22.8. The van der Waals surface area contributed by atoms with Gasteiger partial charge in [-0.15, -0.1) is 10.2 Å². The molecule has 0 radical (unpaired) electrons. The van der Waals surface area contributed by atoms with Crippen LogP contribution in [0.3, 0.4) is 0 Å². The molecule has 1 fully saturated rings. The number of rotatable bonds is 9. The Labute approximate surface area is 179 Å². The minimum atomic E-state index is -4.57. The Hall–Kier alpha value is -2.21. The van der Waals surface area contributed by atoms with Crippen molar-refractivity contribution in [3.05, 3.63) is 12.1 Å². The summed E-state index contributed by atoms with van der Waals surface area (Å²) in [5.74, 6) is 0.0631. The van der Waals surface area contributed by atoms with Gasteiger partial charge in [0.25, 0.3) is 0 Å². The summed E-state index contributed by atoms with van der Waals surface area (Å²) in [5.41, 5.74) is 11.4. The average Bonchev–Trinajstić information content (AvgIpc) is 3.42. The Bertz CT molecular complexity index is 1120. The first-order valence-electron chi connectivity index (χ1n) is 9.35. The highest BCUT2D eigenvalue weighted by Gasteiger charge is 2.34. The molecule has 1 aliphatic rings. The highest BCUT2D eigenvalue weighted by atomic mass is 32.2. The molecule has 3 rings (SSSR count). The zero-order valence-electron chi connectivity index (χ0n) is 16.5. The summed E-state index contributed by atoms with van der Waals surface area (Å²) in [6.45, 7) is 0.972. The Morgan fingerprint density at radius 2 is 2.03 bits per heavy atom. The van der Waals surface area contributed by atoms with Crippen LogP contribution in [0.2, 0.25) is 0 Å². The van der Waals surface area contributed by atoms with Gasteiger partial charge in [-0.3, -0.25) is 0 Å². The molecule has 0 bridgehead atoms. The van der Waals surface area contributed by atoms with Crippen LogP contribution in [0.15, 0.2) is 21.9 Å². The van der Waals surface area contributed by atoms with Crippen molar-refractivity contribution in [3.63, 3.8) is 0 Å². The van der Waals surface area contributed by atoms with Crippen molar-refractivity contribution in [2.24, 2.45) is 22.5 Å². The summed E-state index contributed by atoms with van der Waals surface area (Å²) >= 11 is 0. The molecule has 2 atom stereocenters.